The van der Waals surface area contributed by atoms with Crippen molar-refractivity contribution in [3.63, 3.8) is 0 Å². The van der Waals surface area contributed by atoms with Crippen LogP contribution in [-0.4, -0.2) is 72.5 Å². The van der Waals surface area contributed by atoms with Gasteiger partial charge in [0.1, 0.15) is 11.9 Å². The van der Waals surface area contributed by atoms with Crippen LogP contribution in [0.4, 0.5) is 10.1 Å². The smallest absolute Gasteiger partial charge is 0.336 e. The highest BCUT2D eigenvalue weighted by Crippen LogP contribution is 2.39. The van der Waals surface area contributed by atoms with E-state index in [0.29, 0.717) is 24.0 Å². The topological polar surface area (TPSA) is 93.5 Å². The number of benzene rings is 1. The van der Waals surface area contributed by atoms with E-state index in [4.69, 9.17) is 19.2 Å². The van der Waals surface area contributed by atoms with Gasteiger partial charge in [-0.2, -0.15) is 0 Å². The monoisotopic (exact) mass is 595 g/mol. The van der Waals surface area contributed by atoms with E-state index in [1.807, 2.05) is 40.0 Å². The highest BCUT2D eigenvalue weighted by atomic mass is 19.1. The molecule has 9 heteroatoms. The number of aliphatic imine (C=N–C) groups is 1. The third kappa shape index (κ3) is 7.69. The Morgan fingerprint density at radius 1 is 1.21 bits per heavy atom. The molecule has 234 valence electrons. The summed E-state index contributed by atoms with van der Waals surface area (Å²) in [5.74, 6) is -1.50. The molecule has 0 amide bonds. The van der Waals surface area contributed by atoms with Crippen LogP contribution in [0.3, 0.4) is 0 Å². The lowest BCUT2D eigenvalue weighted by Gasteiger charge is -2.44. The summed E-state index contributed by atoms with van der Waals surface area (Å²) in [5.41, 5.74) is 2.28. The third-order valence-electron chi connectivity index (χ3n) is 8.74. The van der Waals surface area contributed by atoms with E-state index in [1.54, 1.807) is 12.1 Å². The number of nitrogens with zero attached hydrogens (tertiary/aromatic N) is 3. The van der Waals surface area contributed by atoms with Crippen LogP contribution in [0, 0.1) is 18.2 Å². The number of aliphatic carboxylic acids is 1. The average molecular weight is 596 g/mol. The Morgan fingerprint density at radius 2 is 1.88 bits per heavy atom. The van der Waals surface area contributed by atoms with Crippen molar-refractivity contribution in [2.45, 2.75) is 90.6 Å². The lowest BCUT2D eigenvalue weighted by Crippen LogP contribution is -2.62. The van der Waals surface area contributed by atoms with Gasteiger partial charge in [0.2, 0.25) is 0 Å². The molecule has 1 N–H and O–H groups in total. The number of aryl methyl sites for hydroxylation is 1. The summed E-state index contributed by atoms with van der Waals surface area (Å²) in [4.78, 5) is 24.6. The molecule has 0 aliphatic carbocycles. The first-order valence-corrected chi connectivity index (χ1v) is 15.1. The molecule has 43 heavy (non-hydrogen) atoms. The molecular formula is C34H46FN3O5. The number of carboxylic acid groups (broad SMARTS) is 1. The van der Waals surface area contributed by atoms with Gasteiger partial charge in [0.25, 0.3) is 0 Å². The number of hydrogen-bond acceptors (Lipinski definition) is 7. The summed E-state index contributed by atoms with van der Waals surface area (Å²) in [5, 5.41) is 10.5. The van der Waals surface area contributed by atoms with Crippen LogP contribution < -0.4 is 4.90 Å². The van der Waals surface area contributed by atoms with Gasteiger partial charge in [-0.25, -0.2) is 9.18 Å². The fourth-order valence-corrected chi connectivity index (χ4v) is 5.48. The van der Waals surface area contributed by atoms with Gasteiger partial charge in [0, 0.05) is 49.6 Å². The molecule has 2 aliphatic rings. The number of halogens is 1. The van der Waals surface area contributed by atoms with Gasteiger partial charge in [0.15, 0.2) is 11.7 Å². The lowest BCUT2D eigenvalue weighted by atomic mass is 9.82. The zero-order valence-electron chi connectivity index (χ0n) is 26.5. The molecule has 2 aliphatic heterocycles. The van der Waals surface area contributed by atoms with Crippen LogP contribution in [0.1, 0.15) is 70.7 Å². The van der Waals surface area contributed by atoms with E-state index >= 15 is 0 Å². The maximum absolute atomic E-state index is 13.5. The molecule has 0 saturated carbocycles. The molecular weight excluding hydrogens is 549 g/mol. The molecule has 0 bridgehead atoms. The van der Waals surface area contributed by atoms with Gasteiger partial charge in [-0.3, -0.25) is 9.98 Å². The molecule has 1 aromatic heterocycles. The second-order valence-corrected chi connectivity index (χ2v) is 13.0. The molecule has 1 fully saturated rings. The molecule has 1 aromatic carbocycles. The number of carbonyl (C=O) groups is 1. The van der Waals surface area contributed by atoms with Crippen molar-refractivity contribution >= 4 is 23.6 Å². The summed E-state index contributed by atoms with van der Waals surface area (Å²) in [6, 6.07) is 8.24. The normalized spacial score (nSPS) is 22.7. The molecule has 3 atom stereocenters. The Morgan fingerprint density at radius 3 is 2.49 bits per heavy atom. The van der Waals surface area contributed by atoms with Crippen molar-refractivity contribution in [2.24, 2.45) is 10.4 Å². The summed E-state index contributed by atoms with van der Waals surface area (Å²) in [6.07, 6.45) is 6.10. The molecule has 8 nitrogen and oxygen atoms in total. The number of rotatable bonds is 12. The minimum Gasteiger partial charge on any atom is -0.479 e. The van der Waals surface area contributed by atoms with E-state index in [-0.39, 0.29) is 12.4 Å². The third-order valence-corrected chi connectivity index (χ3v) is 8.74. The summed E-state index contributed by atoms with van der Waals surface area (Å²) >= 11 is 0. The van der Waals surface area contributed by atoms with Gasteiger partial charge in [-0.1, -0.05) is 32.9 Å². The molecule has 4 rings (SSSR count). The van der Waals surface area contributed by atoms with Crippen LogP contribution in [0.15, 0.2) is 47.6 Å². The molecule has 3 unspecified atom stereocenters. The Balaban J connectivity index is 1.71. The first-order valence-electron chi connectivity index (χ1n) is 15.1. The number of methoxy groups -OCH3 is 1. The van der Waals surface area contributed by atoms with E-state index in [9.17, 15) is 14.3 Å². The zero-order valence-corrected chi connectivity index (χ0v) is 26.5. The van der Waals surface area contributed by atoms with Crippen molar-refractivity contribution in [3.05, 3.63) is 65.2 Å². The van der Waals surface area contributed by atoms with Gasteiger partial charge in [-0.05, 0) is 81.7 Å². The Labute approximate surface area is 255 Å². The highest BCUT2D eigenvalue weighted by Gasteiger charge is 2.53. The van der Waals surface area contributed by atoms with Gasteiger partial charge >= 0.3 is 5.97 Å². The van der Waals surface area contributed by atoms with Crippen molar-refractivity contribution in [2.75, 3.05) is 31.7 Å². The summed E-state index contributed by atoms with van der Waals surface area (Å²) < 4.78 is 32.1. The molecule has 0 radical (unpaired) electrons. The fourth-order valence-electron chi connectivity index (χ4n) is 5.48. The van der Waals surface area contributed by atoms with E-state index in [1.165, 1.54) is 25.5 Å². The quantitative estimate of drug-likeness (QED) is 0.310. The maximum Gasteiger partial charge on any atom is 0.336 e. The van der Waals surface area contributed by atoms with Crippen LogP contribution >= 0.6 is 0 Å². The van der Waals surface area contributed by atoms with Crippen molar-refractivity contribution < 1.29 is 28.5 Å². The maximum atomic E-state index is 13.5. The van der Waals surface area contributed by atoms with E-state index in [0.717, 1.165) is 48.4 Å². The molecule has 0 spiro atoms. The zero-order chi connectivity index (χ0) is 31.4. The number of ether oxygens (including phenoxy) is 3. The summed E-state index contributed by atoms with van der Waals surface area (Å²) in [6.45, 7) is 14.2. The van der Waals surface area contributed by atoms with Crippen LogP contribution in [0.2, 0.25) is 0 Å². The minimum absolute atomic E-state index is 0.140. The first kappa shape index (κ1) is 32.8. The number of pyridine rings is 1. The molecule has 1 saturated heterocycles. The Hall–Kier alpha value is -3.14. The van der Waals surface area contributed by atoms with Crippen molar-refractivity contribution in [1.29, 1.82) is 0 Å². The predicted molar refractivity (Wildman–Crippen MR) is 167 cm³/mol. The standard InChI is InChI=1S/C34H46FN3O5/c1-8-33(5,6)43-30(31(39)40)34(42-18-13-24-9-11-25(35)12-10-24)22-37-27(20-29(34)41-7)26-21-36-23(2)19-28(26)38-16-14-32(3,4)15-17-38/h9-12,19-22,29-30H,8,13-18H2,1-7H3,(H,39,40). The second-order valence-electron chi connectivity index (χ2n) is 13.0. The van der Waals surface area contributed by atoms with E-state index < -0.39 is 29.4 Å². The fraction of sp³-hybridized carbons (Fsp3) is 0.559. The van der Waals surface area contributed by atoms with Gasteiger partial charge < -0.3 is 24.2 Å². The van der Waals surface area contributed by atoms with Crippen molar-refractivity contribution in [1.82, 2.24) is 4.98 Å². The number of piperidine rings is 1. The number of aromatic nitrogens is 1. The Kier molecular flexibility index (Phi) is 10.1. The first-order chi connectivity index (χ1) is 20.3. The van der Waals surface area contributed by atoms with Gasteiger partial charge in [0.05, 0.1) is 17.9 Å². The predicted octanol–water partition coefficient (Wildman–Crippen LogP) is 6.25. The molecule has 3 heterocycles. The number of hydrogen-bond donors (Lipinski definition) is 1. The second kappa shape index (κ2) is 13.2. The largest absolute Gasteiger partial charge is 0.479 e. The van der Waals surface area contributed by atoms with Crippen LogP contribution in [0.25, 0.3) is 5.70 Å². The van der Waals surface area contributed by atoms with Crippen LogP contribution in [0.5, 0.6) is 0 Å². The Bertz CT molecular complexity index is 1330. The average Bonchev–Trinajstić information content (AvgIpc) is 2.97. The SMILES string of the molecule is CCC(C)(C)OC(C(=O)O)C1(OCCc2ccc(F)cc2)C=NC(c2cnc(C)cc2N2CCC(C)(C)CC2)=CC1OC. The number of carboxylic acids is 1. The summed E-state index contributed by atoms with van der Waals surface area (Å²) in [7, 11) is 1.53. The molecule has 2 aromatic rings. The van der Waals surface area contributed by atoms with E-state index in [2.05, 4.69) is 29.8 Å². The minimum atomic E-state index is -1.57. The highest BCUT2D eigenvalue weighted by molar-refractivity contribution is 5.91. The van der Waals surface area contributed by atoms with Crippen molar-refractivity contribution in [3.8, 4) is 0 Å². The van der Waals surface area contributed by atoms with Gasteiger partial charge in [-0.15, -0.1) is 0 Å². The van der Waals surface area contributed by atoms with Crippen LogP contribution in [-0.2, 0) is 25.4 Å². The lowest BCUT2D eigenvalue weighted by molar-refractivity contribution is -0.205. The number of anilines is 1.